The van der Waals surface area contributed by atoms with E-state index in [1.54, 1.807) is 28.0 Å². The zero-order valence-corrected chi connectivity index (χ0v) is 19.5. The molecule has 1 aliphatic heterocycles. The van der Waals surface area contributed by atoms with Crippen molar-refractivity contribution in [3.05, 3.63) is 73.3 Å². The number of nitrogens with two attached hydrogens (primary N) is 1. The van der Waals surface area contributed by atoms with E-state index in [0.717, 1.165) is 46.5 Å². The van der Waals surface area contributed by atoms with E-state index in [2.05, 4.69) is 39.9 Å². The normalized spacial score (nSPS) is 13.5. The second kappa shape index (κ2) is 9.38. The van der Waals surface area contributed by atoms with Gasteiger partial charge in [-0.2, -0.15) is 15.5 Å². The lowest BCUT2D eigenvalue weighted by Crippen LogP contribution is -2.48. The number of aromatic nitrogens is 4. The summed E-state index contributed by atoms with van der Waals surface area (Å²) < 4.78 is 3.18. The number of fused-ring (bicyclic) bond motifs is 1. The summed E-state index contributed by atoms with van der Waals surface area (Å²) in [4.78, 5) is 27.2. The lowest BCUT2D eigenvalue weighted by atomic mass is 9.99. The van der Waals surface area contributed by atoms with Gasteiger partial charge in [-0.05, 0) is 29.8 Å². The van der Waals surface area contributed by atoms with Crippen molar-refractivity contribution in [2.45, 2.75) is 6.54 Å². The van der Waals surface area contributed by atoms with Crippen LogP contribution in [-0.4, -0.2) is 62.3 Å². The maximum atomic E-state index is 11.9. The molecule has 2 N–H and O–H groups in total. The van der Waals surface area contributed by atoms with E-state index >= 15 is 0 Å². The third-order valence-corrected chi connectivity index (χ3v) is 6.33. The Morgan fingerprint density at radius 2 is 1.78 bits per heavy atom. The van der Waals surface area contributed by atoms with Crippen LogP contribution < -0.4 is 10.6 Å². The maximum Gasteiger partial charge on any atom is 0.246 e. The molecule has 36 heavy (non-hydrogen) atoms. The van der Waals surface area contributed by atoms with Gasteiger partial charge in [-0.3, -0.25) is 14.3 Å². The molecule has 1 aliphatic rings. The van der Waals surface area contributed by atoms with Crippen molar-refractivity contribution in [1.29, 1.82) is 5.26 Å². The Morgan fingerprint density at radius 1 is 1.03 bits per heavy atom. The summed E-state index contributed by atoms with van der Waals surface area (Å²) in [7, 11) is 0. The van der Waals surface area contributed by atoms with Gasteiger partial charge >= 0.3 is 0 Å². The highest BCUT2D eigenvalue weighted by molar-refractivity contribution is 5.88. The number of carbonyl (C=O) groups is 2. The van der Waals surface area contributed by atoms with Gasteiger partial charge in [0.05, 0.1) is 23.5 Å². The lowest BCUT2D eigenvalue weighted by molar-refractivity contribution is -0.126. The van der Waals surface area contributed by atoms with Gasteiger partial charge in [0.2, 0.25) is 11.8 Å². The smallest absolute Gasteiger partial charge is 0.246 e. The molecule has 0 radical (unpaired) electrons. The van der Waals surface area contributed by atoms with E-state index in [1.807, 2.05) is 24.4 Å². The van der Waals surface area contributed by atoms with Crippen LogP contribution in [0.3, 0.4) is 0 Å². The molecule has 0 aliphatic carbocycles. The number of benzene rings is 1. The molecule has 0 saturated carbocycles. The highest BCUT2D eigenvalue weighted by Crippen LogP contribution is 2.33. The minimum absolute atomic E-state index is 0.00702. The van der Waals surface area contributed by atoms with Crippen molar-refractivity contribution >= 4 is 23.0 Å². The summed E-state index contributed by atoms with van der Waals surface area (Å²) in [6.45, 7) is 6.35. The first kappa shape index (κ1) is 22.9. The van der Waals surface area contributed by atoms with Crippen molar-refractivity contribution in [3.8, 4) is 28.3 Å². The number of hydrogen-bond acceptors (Lipinski definition) is 6. The van der Waals surface area contributed by atoms with Crippen LogP contribution in [0.4, 0.5) is 5.69 Å². The van der Waals surface area contributed by atoms with Gasteiger partial charge in [0, 0.05) is 61.0 Å². The lowest BCUT2D eigenvalue weighted by Gasteiger charge is -2.35. The van der Waals surface area contributed by atoms with Gasteiger partial charge in [-0.1, -0.05) is 18.7 Å². The molecule has 1 aromatic carbocycles. The summed E-state index contributed by atoms with van der Waals surface area (Å²) >= 11 is 0. The summed E-state index contributed by atoms with van der Waals surface area (Å²) in [6, 6.07) is 12.4. The summed E-state index contributed by atoms with van der Waals surface area (Å²) in [5, 5.41) is 18.3. The summed E-state index contributed by atoms with van der Waals surface area (Å²) in [5.41, 5.74) is 11.0. The number of amides is 2. The predicted octanol–water partition coefficient (Wildman–Crippen LogP) is 2.06. The van der Waals surface area contributed by atoms with Crippen LogP contribution in [-0.2, 0) is 16.1 Å². The predicted molar refractivity (Wildman–Crippen MR) is 135 cm³/mol. The molecular weight excluding hydrogens is 456 g/mol. The number of rotatable bonds is 6. The number of piperazine rings is 1. The molecular formula is C26H24N8O2. The van der Waals surface area contributed by atoms with E-state index in [4.69, 9.17) is 5.73 Å². The van der Waals surface area contributed by atoms with Gasteiger partial charge in [0.25, 0.3) is 0 Å². The Kier molecular flexibility index (Phi) is 5.96. The Morgan fingerprint density at radius 3 is 2.44 bits per heavy atom. The van der Waals surface area contributed by atoms with Crippen molar-refractivity contribution in [1.82, 2.24) is 24.3 Å². The molecule has 4 aromatic rings. The molecule has 0 bridgehead atoms. The van der Waals surface area contributed by atoms with Crippen LogP contribution in [0.15, 0.2) is 67.8 Å². The number of nitriles is 1. The van der Waals surface area contributed by atoms with Crippen LogP contribution in [0.25, 0.3) is 27.8 Å². The van der Waals surface area contributed by atoms with Gasteiger partial charge < -0.3 is 15.5 Å². The van der Waals surface area contributed by atoms with Gasteiger partial charge in [0.15, 0.2) is 0 Å². The molecule has 3 aromatic heterocycles. The average molecular weight is 481 g/mol. The highest BCUT2D eigenvalue weighted by atomic mass is 16.2. The fourth-order valence-corrected chi connectivity index (χ4v) is 4.51. The molecule has 180 valence electrons. The van der Waals surface area contributed by atoms with Gasteiger partial charge in [-0.25, -0.2) is 4.52 Å². The second-order valence-corrected chi connectivity index (χ2v) is 8.56. The van der Waals surface area contributed by atoms with Crippen molar-refractivity contribution < 1.29 is 9.59 Å². The molecule has 5 rings (SSSR count). The van der Waals surface area contributed by atoms with Crippen molar-refractivity contribution in [2.75, 3.05) is 31.1 Å². The average Bonchev–Trinajstić information content (AvgIpc) is 3.54. The third-order valence-electron chi connectivity index (χ3n) is 6.33. The first-order chi connectivity index (χ1) is 17.5. The highest BCUT2D eigenvalue weighted by Gasteiger charge is 2.20. The summed E-state index contributed by atoms with van der Waals surface area (Å²) in [5.74, 6) is -0.511. The van der Waals surface area contributed by atoms with Gasteiger partial charge in [-0.15, -0.1) is 0 Å². The number of carbonyl (C=O) groups excluding carboxylic acids is 2. The zero-order chi connectivity index (χ0) is 25.2. The van der Waals surface area contributed by atoms with Crippen LogP contribution in [0.1, 0.15) is 5.56 Å². The minimum atomic E-state index is -0.472. The Balaban J connectivity index is 1.47. The van der Waals surface area contributed by atoms with E-state index in [9.17, 15) is 14.9 Å². The Labute approximate surface area is 207 Å². The topological polar surface area (TPSA) is 126 Å². The van der Waals surface area contributed by atoms with Crippen LogP contribution in [0, 0.1) is 11.3 Å². The Bertz CT molecular complexity index is 1500. The van der Waals surface area contributed by atoms with Gasteiger partial charge in [0.1, 0.15) is 12.6 Å². The van der Waals surface area contributed by atoms with Crippen molar-refractivity contribution in [3.63, 3.8) is 0 Å². The van der Waals surface area contributed by atoms with E-state index in [-0.39, 0.29) is 12.5 Å². The molecule has 0 spiro atoms. The largest absolute Gasteiger partial charge is 0.368 e. The number of nitrogens with zero attached hydrogens (tertiary/aromatic N) is 7. The zero-order valence-electron chi connectivity index (χ0n) is 19.5. The molecule has 0 unspecified atom stereocenters. The number of anilines is 1. The van der Waals surface area contributed by atoms with E-state index in [0.29, 0.717) is 18.7 Å². The van der Waals surface area contributed by atoms with E-state index < -0.39 is 5.91 Å². The molecule has 1 fully saturated rings. The monoisotopic (exact) mass is 480 g/mol. The first-order valence-corrected chi connectivity index (χ1v) is 11.5. The quantitative estimate of drug-likeness (QED) is 0.421. The Hall–Kier alpha value is -4.91. The minimum Gasteiger partial charge on any atom is -0.368 e. The first-order valence-electron chi connectivity index (χ1n) is 11.5. The summed E-state index contributed by atoms with van der Waals surface area (Å²) in [6.07, 6.45) is 8.17. The fourth-order valence-electron chi connectivity index (χ4n) is 4.51. The molecule has 10 heteroatoms. The molecule has 10 nitrogen and oxygen atoms in total. The number of pyridine rings is 1. The SMILES string of the molecule is C=CC(=O)N1CCN(c2ccc(-c3cc(-c4cnn(CC(N)=O)c4)cn4ncc(C#N)c34)cc2)CC1. The third kappa shape index (κ3) is 4.30. The second-order valence-electron chi connectivity index (χ2n) is 8.56. The standard InChI is InChI=1S/C26H24N8O2/c1-2-25(36)32-9-7-31(8-10-32)22-5-3-18(4-6-22)23-11-19(16-34-26(23)20(12-27)13-30-34)21-14-29-33(15-21)17-24(28)35/h2-6,11,13-16H,1,7-10,17H2,(H2,28,35). The molecule has 2 amide bonds. The van der Waals surface area contributed by atoms with Crippen LogP contribution in [0.5, 0.6) is 0 Å². The molecule has 0 atom stereocenters. The maximum absolute atomic E-state index is 11.9. The van der Waals surface area contributed by atoms with E-state index in [1.165, 1.54) is 10.8 Å². The molecule has 4 heterocycles. The van der Waals surface area contributed by atoms with Crippen LogP contribution in [0.2, 0.25) is 0 Å². The molecule has 1 saturated heterocycles. The van der Waals surface area contributed by atoms with Crippen LogP contribution >= 0.6 is 0 Å². The van der Waals surface area contributed by atoms with Crippen molar-refractivity contribution in [2.24, 2.45) is 5.73 Å². The number of primary amides is 1. The fraction of sp³-hybridized carbons (Fsp3) is 0.192. The number of hydrogen-bond donors (Lipinski definition) is 1.